The molecule has 2 N–H and O–H groups in total. The smallest absolute Gasteiger partial charge is 0.265 e. The standard InChI is InChI=1S/C14H9ClFNO2S/c15-13-6-5-12(20-13)14(19)17-10-4-3-9(2-1-7-18)11(16)8-10/h3-6,8,18H,7H2,(H,17,19). The highest BCUT2D eigenvalue weighted by Crippen LogP contribution is 2.22. The van der Waals surface area contributed by atoms with Gasteiger partial charge in [0.05, 0.1) is 14.8 Å². The fourth-order valence-electron chi connectivity index (χ4n) is 1.46. The minimum atomic E-state index is -0.562. The van der Waals surface area contributed by atoms with E-state index in [4.69, 9.17) is 16.7 Å². The molecule has 0 fully saturated rings. The zero-order chi connectivity index (χ0) is 14.5. The molecule has 0 aliphatic rings. The lowest BCUT2D eigenvalue weighted by atomic mass is 10.2. The Kier molecular flexibility index (Phi) is 4.74. The number of hydrogen-bond donors (Lipinski definition) is 2. The molecule has 1 heterocycles. The summed E-state index contributed by atoms with van der Waals surface area (Å²) >= 11 is 6.89. The number of halogens is 2. The fourth-order valence-corrected chi connectivity index (χ4v) is 2.40. The summed E-state index contributed by atoms with van der Waals surface area (Å²) in [6, 6.07) is 7.37. The van der Waals surface area contributed by atoms with Crippen LogP contribution in [0.1, 0.15) is 15.2 Å². The van der Waals surface area contributed by atoms with Gasteiger partial charge in [-0.3, -0.25) is 4.79 Å². The van der Waals surface area contributed by atoms with Gasteiger partial charge in [-0.25, -0.2) is 4.39 Å². The van der Waals surface area contributed by atoms with E-state index in [9.17, 15) is 9.18 Å². The Hall–Kier alpha value is -1.87. The Morgan fingerprint density at radius 1 is 1.40 bits per heavy atom. The molecule has 2 rings (SSSR count). The predicted octanol–water partition coefficient (Wildman–Crippen LogP) is 3.14. The van der Waals surface area contributed by atoms with E-state index in [1.54, 1.807) is 12.1 Å². The molecule has 0 saturated carbocycles. The number of aliphatic hydroxyl groups is 1. The van der Waals surface area contributed by atoms with Gasteiger partial charge in [0, 0.05) is 5.69 Å². The Morgan fingerprint density at radius 3 is 2.80 bits per heavy atom. The predicted molar refractivity (Wildman–Crippen MR) is 77.6 cm³/mol. The van der Waals surface area contributed by atoms with E-state index in [0.717, 1.165) is 11.3 Å². The van der Waals surface area contributed by atoms with E-state index < -0.39 is 5.82 Å². The molecule has 0 aliphatic carbocycles. The van der Waals surface area contributed by atoms with E-state index in [-0.39, 0.29) is 18.1 Å². The molecule has 0 unspecified atom stereocenters. The second-order valence-corrected chi connectivity index (χ2v) is 5.43. The van der Waals surface area contributed by atoms with Gasteiger partial charge in [0.2, 0.25) is 0 Å². The van der Waals surface area contributed by atoms with E-state index in [1.807, 2.05) is 0 Å². The van der Waals surface area contributed by atoms with Crippen LogP contribution in [0.3, 0.4) is 0 Å². The molecule has 0 spiro atoms. The van der Waals surface area contributed by atoms with Crippen molar-refractivity contribution in [2.24, 2.45) is 0 Å². The lowest BCUT2D eigenvalue weighted by Crippen LogP contribution is -2.10. The molecule has 0 saturated heterocycles. The maximum absolute atomic E-state index is 13.7. The minimum Gasteiger partial charge on any atom is -0.384 e. The summed E-state index contributed by atoms with van der Waals surface area (Å²) in [4.78, 5) is 12.3. The summed E-state index contributed by atoms with van der Waals surface area (Å²) in [5.41, 5.74) is 0.489. The Bertz CT molecular complexity index is 703. The Morgan fingerprint density at radius 2 is 2.20 bits per heavy atom. The molecule has 0 bridgehead atoms. The molecule has 0 atom stereocenters. The molecular weight excluding hydrogens is 301 g/mol. The van der Waals surface area contributed by atoms with Crippen LogP contribution in [-0.4, -0.2) is 17.6 Å². The lowest BCUT2D eigenvalue weighted by Gasteiger charge is -2.04. The van der Waals surface area contributed by atoms with Crippen molar-refractivity contribution in [2.75, 3.05) is 11.9 Å². The van der Waals surface area contributed by atoms with Gasteiger partial charge in [0.1, 0.15) is 12.4 Å². The van der Waals surface area contributed by atoms with Gasteiger partial charge in [-0.1, -0.05) is 23.4 Å². The first-order valence-corrected chi connectivity index (χ1v) is 6.75. The summed E-state index contributed by atoms with van der Waals surface area (Å²) in [5, 5.41) is 11.1. The van der Waals surface area contributed by atoms with Gasteiger partial charge in [-0.15, -0.1) is 11.3 Å². The summed E-state index contributed by atoms with van der Waals surface area (Å²) in [5.74, 6) is 3.92. The number of anilines is 1. The molecular formula is C14H9ClFNO2S. The number of nitrogens with one attached hydrogen (secondary N) is 1. The van der Waals surface area contributed by atoms with Gasteiger partial charge in [-0.05, 0) is 30.3 Å². The molecule has 2 aromatic rings. The number of thiophene rings is 1. The molecule has 0 radical (unpaired) electrons. The largest absolute Gasteiger partial charge is 0.384 e. The van der Waals surface area contributed by atoms with E-state index in [2.05, 4.69) is 17.2 Å². The van der Waals surface area contributed by atoms with Crippen LogP contribution in [0.25, 0.3) is 0 Å². The van der Waals surface area contributed by atoms with Crippen molar-refractivity contribution in [3.05, 3.63) is 50.9 Å². The van der Waals surface area contributed by atoms with Crippen LogP contribution in [-0.2, 0) is 0 Å². The SMILES string of the molecule is O=C(Nc1ccc(C#CCO)c(F)c1)c1ccc(Cl)s1. The first kappa shape index (κ1) is 14.5. The third kappa shape index (κ3) is 3.58. The van der Waals surface area contributed by atoms with E-state index in [0.29, 0.717) is 14.9 Å². The van der Waals surface area contributed by atoms with E-state index in [1.165, 1.54) is 18.2 Å². The van der Waals surface area contributed by atoms with Crippen LogP contribution >= 0.6 is 22.9 Å². The molecule has 6 heteroatoms. The molecule has 0 aliphatic heterocycles. The van der Waals surface area contributed by atoms with Crippen LogP contribution in [0.15, 0.2) is 30.3 Å². The molecule has 3 nitrogen and oxygen atoms in total. The quantitative estimate of drug-likeness (QED) is 0.837. The topological polar surface area (TPSA) is 49.3 Å². The average Bonchev–Trinajstić information content (AvgIpc) is 2.85. The third-order valence-corrected chi connectivity index (χ3v) is 3.56. The number of benzene rings is 1. The van der Waals surface area contributed by atoms with Crippen molar-refractivity contribution >= 4 is 34.5 Å². The number of rotatable bonds is 2. The second kappa shape index (κ2) is 6.53. The summed E-state index contributed by atoms with van der Waals surface area (Å²) in [7, 11) is 0. The third-order valence-electron chi connectivity index (χ3n) is 2.33. The minimum absolute atomic E-state index is 0.163. The maximum Gasteiger partial charge on any atom is 0.265 e. The van der Waals surface area contributed by atoms with Crippen LogP contribution in [0.4, 0.5) is 10.1 Å². The molecule has 1 aromatic heterocycles. The second-order valence-electron chi connectivity index (χ2n) is 3.71. The van der Waals surface area contributed by atoms with Gasteiger partial charge in [-0.2, -0.15) is 0 Å². The molecule has 1 aromatic carbocycles. The van der Waals surface area contributed by atoms with Crippen molar-refractivity contribution in [3.63, 3.8) is 0 Å². The average molecular weight is 310 g/mol. The first-order valence-electron chi connectivity index (χ1n) is 5.56. The van der Waals surface area contributed by atoms with Gasteiger partial charge in [0.15, 0.2) is 0 Å². The van der Waals surface area contributed by atoms with Crippen LogP contribution in [0.5, 0.6) is 0 Å². The number of carbonyl (C=O) groups is 1. The van der Waals surface area contributed by atoms with Crippen molar-refractivity contribution in [1.29, 1.82) is 0 Å². The van der Waals surface area contributed by atoms with Crippen molar-refractivity contribution in [3.8, 4) is 11.8 Å². The zero-order valence-corrected chi connectivity index (χ0v) is 11.7. The highest BCUT2D eigenvalue weighted by Gasteiger charge is 2.10. The van der Waals surface area contributed by atoms with Crippen LogP contribution in [0.2, 0.25) is 4.34 Å². The Balaban J connectivity index is 2.14. The molecule has 102 valence electrons. The number of aliphatic hydroxyl groups excluding tert-OH is 1. The summed E-state index contributed by atoms with van der Waals surface area (Å²) in [6.07, 6.45) is 0. The van der Waals surface area contributed by atoms with Crippen molar-refractivity contribution in [1.82, 2.24) is 0 Å². The molecule has 20 heavy (non-hydrogen) atoms. The van der Waals surface area contributed by atoms with Gasteiger partial charge in [0.25, 0.3) is 5.91 Å². The number of amides is 1. The van der Waals surface area contributed by atoms with Gasteiger partial charge >= 0.3 is 0 Å². The molecule has 1 amide bonds. The van der Waals surface area contributed by atoms with Crippen molar-refractivity contribution in [2.45, 2.75) is 0 Å². The fraction of sp³-hybridized carbons (Fsp3) is 0.0714. The van der Waals surface area contributed by atoms with Crippen LogP contribution in [0, 0.1) is 17.7 Å². The van der Waals surface area contributed by atoms with E-state index >= 15 is 0 Å². The number of carbonyl (C=O) groups excluding carboxylic acids is 1. The summed E-state index contributed by atoms with van der Waals surface area (Å²) < 4.78 is 14.2. The first-order chi connectivity index (χ1) is 9.60. The normalized spacial score (nSPS) is 9.75. The maximum atomic E-state index is 13.7. The highest BCUT2D eigenvalue weighted by atomic mass is 35.5. The highest BCUT2D eigenvalue weighted by molar-refractivity contribution is 7.18. The lowest BCUT2D eigenvalue weighted by molar-refractivity contribution is 0.103. The number of hydrogen-bond acceptors (Lipinski definition) is 3. The van der Waals surface area contributed by atoms with Crippen LogP contribution < -0.4 is 5.32 Å². The van der Waals surface area contributed by atoms with Crippen molar-refractivity contribution < 1.29 is 14.3 Å². The zero-order valence-electron chi connectivity index (χ0n) is 10.1. The monoisotopic (exact) mass is 309 g/mol. The van der Waals surface area contributed by atoms with Gasteiger partial charge < -0.3 is 10.4 Å². The summed E-state index contributed by atoms with van der Waals surface area (Å²) in [6.45, 7) is -0.336. The Labute approximate surface area is 124 Å².